The van der Waals surface area contributed by atoms with Gasteiger partial charge in [-0.1, -0.05) is 30.3 Å². The summed E-state index contributed by atoms with van der Waals surface area (Å²) in [4.78, 5) is 11.4. The van der Waals surface area contributed by atoms with Crippen molar-refractivity contribution in [3.63, 3.8) is 0 Å². The van der Waals surface area contributed by atoms with Crippen molar-refractivity contribution in [2.45, 2.75) is 12.1 Å². The van der Waals surface area contributed by atoms with E-state index in [0.717, 1.165) is 17.0 Å². The Labute approximate surface area is 129 Å². The monoisotopic (exact) mass is 295 g/mol. The molecule has 0 radical (unpaired) electrons. The number of nitrogens with one attached hydrogen (secondary N) is 1. The first-order valence-corrected chi connectivity index (χ1v) is 7.10. The molecule has 2 aromatic rings. The molecule has 0 aromatic heterocycles. The second kappa shape index (κ2) is 6.35. The first kappa shape index (κ1) is 14.2. The van der Waals surface area contributed by atoms with Gasteiger partial charge in [0.25, 0.3) is 0 Å². The average Bonchev–Trinajstić information content (AvgIpc) is 3.00. The minimum absolute atomic E-state index is 0.141. The van der Waals surface area contributed by atoms with Crippen LogP contribution in [-0.2, 0) is 9.53 Å². The fourth-order valence-corrected chi connectivity index (χ4v) is 2.45. The third kappa shape index (κ3) is 3.11. The number of esters is 1. The number of benzene rings is 2. The summed E-state index contributed by atoms with van der Waals surface area (Å²) < 4.78 is 10.5. The number of hydrogen-bond donors (Lipinski definition) is 1. The standard InChI is InChI=1S/C18H17NO3/c1-21-15-9-7-14(8-10-15)19-18(13-5-3-2-4-6-13)16-11-12-17(20)22-16/h2-12,16,18-19H,1H3/t16-,18+/m0/s1. The molecule has 22 heavy (non-hydrogen) atoms. The Morgan fingerprint density at radius 2 is 1.82 bits per heavy atom. The highest BCUT2D eigenvalue weighted by molar-refractivity contribution is 5.84. The van der Waals surface area contributed by atoms with Crippen LogP contribution in [0.1, 0.15) is 11.6 Å². The van der Waals surface area contributed by atoms with Gasteiger partial charge in [-0.15, -0.1) is 0 Å². The van der Waals surface area contributed by atoms with E-state index in [9.17, 15) is 4.79 Å². The maximum absolute atomic E-state index is 11.4. The average molecular weight is 295 g/mol. The van der Waals surface area contributed by atoms with Crippen LogP contribution in [0.25, 0.3) is 0 Å². The van der Waals surface area contributed by atoms with Gasteiger partial charge in [0, 0.05) is 11.8 Å². The molecule has 0 unspecified atom stereocenters. The van der Waals surface area contributed by atoms with Gasteiger partial charge >= 0.3 is 5.97 Å². The lowest BCUT2D eigenvalue weighted by atomic mass is 10.0. The molecule has 112 valence electrons. The van der Waals surface area contributed by atoms with Gasteiger partial charge < -0.3 is 14.8 Å². The highest BCUT2D eigenvalue weighted by Crippen LogP contribution is 2.28. The summed E-state index contributed by atoms with van der Waals surface area (Å²) in [6.07, 6.45) is 2.93. The van der Waals surface area contributed by atoms with Crippen molar-refractivity contribution in [1.82, 2.24) is 0 Å². The third-order valence-electron chi connectivity index (χ3n) is 3.57. The van der Waals surface area contributed by atoms with Crippen molar-refractivity contribution >= 4 is 11.7 Å². The summed E-state index contributed by atoms with van der Waals surface area (Å²) in [5.74, 6) is 0.497. The Kier molecular flexibility index (Phi) is 4.10. The lowest BCUT2D eigenvalue weighted by Gasteiger charge is -2.24. The van der Waals surface area contributed by atoms with Crippen LogP contribution >= 0.6 is 0 Å². The first-order chi connectivity index (χ1) is 10.8. The van der Waals surface area contributed by atoms with Crippen molar-refractivity contribution < 1.29 is 14.3 Å². The molecular weight excluding hydrogens is 278 g/mol. The number of hydrogen-bond acceptors (Lipinski definition) is 4. The van der Waals surface area contributed by atoms with Crippen LogP contribution in [0.3, 0.4) is 0 Å². The molecule has 3 rings (SSSR count). The topological polar surface area (TPSA) is 47.6 Å². The highest BCUT2D eigenvalue weighted by atomic mass is 16.5. The maximum Gasteiger partial charge on any atom is 0.331 e. The van der Waals surface area contributed by atoms with E-state index in [1.807, 2.05) is 54.6 Å². The number of carbonyl (C=O) groups excluding carboxylic acids is 1. The van der Waals surface area contributed by atoms with Gasteiger partial charge in [0.1, 0.15) is 11.9 Å². The molecule has 0 fully saturated rings. The van der Waals surface area contributed by atoms with E-state index in [2.05, 4.69) is 5.32 Å². The molecule has 2 aromatic carbocycles. The van der Waals surface area contributed by atoms with Crippen molar-refractivity contribution in [3.05, 3.63) is 72.3 Å². The molecule has 4 heteroatoms. The van der Waals surface area contributed by atoms with E-state index in [1.165, 1.54) is 6.08 Å². The molecule has 1 aliphatic heterocycles. The summed E-state index contributed by atoms with van der Waals surface area (Å²) in [7, 11) is 1.64. The first-order valence-electron chi connectivity index (χ1n) is 7.10. The summed E-state index contributed by atoms with van der Waals surface area (Å²) in [6, 6.07) is 17.5. The zero-order valence-corrected chi connectivity index (χ0v) is 12.2. The van der Waals surface area contributed by atoms with Crippen LogP contribution < -0.4 is 10.1 Å². The smallest absolute Gasteiger partial charge is 0.331 e. The summed E-state index contributed by atoms with van der Waals surface area (Å²) in [6.45, 7) is 0. The Hall–Kier alpha value is -2.75. The van der Waals surface area contributed by atoms with Crippen LogP contribution in [0, 0.1) is 0 Å². The number of methoxy groups -OCH3 is 1. The molecular formula is C18H17NO3. The minimum Gasteiger partial charge on any atom is -0.497 e. The molecule has 1 heterocycles. The van der Waals surface area contributed by atoms with E-state index in [1.54, 1.807) is 13.2 Å². The van der Waals surface area contributed by atoms with E-state index in [4.69, 9.17) is 9.47 Å². The number of carbonyl (C=O) groups is 1. The Bertz CT molecular complexity index is 664. The lowest BCUT2D eigenvalue weighted by Crippen LogP contribution is -2.25. The fraction of sp³-hybridized carbons (Fsp3) is 0.167. The van der Waals surface area contributed by atoms with Gasteiger partial charge in [-0.25, -0.2) is 4.79 Å². The van der Waals surface area contributed by atoms with E-state index >= 15 is 0 Å². The van der Waals surface area contributed by atoms with Gasteiger partial charge in [-0.3, -0.25) is 0 Å². The predicted molar refractivity (Wildman–Crippen MR) is 84.8 cm³/mol. The molecule has 0 aliphatic carbocycles. The van der Waals surface area contributed by atoms with E-state index < -0.39 is 0 Å². The van der Waals surface area contributed by atoms with Crippen molar-refractivity contribution in [3.8, 4) is 5.75 Å². The molecule has 0 saturated heterocycles. The Balaban J connectivity index is 1.85. The maximum atomic E-state index is 11.4. The minimum atomic E-state index is -0.322. The number of ether oxygens (including phenoxy) is 2. The molecule has 0 bridgehead atoms. The van der Waals surface area contributed by atoms with Gasteiger partial charge in [-0.05, 0) is 35.9 Å². The normalized spacial score (nSPS) is 17.9. The van der Waals surface area contributed by atoms with Gasteiger partial charge in [0.2, 0.25) is 0 Å². The zero-order valence-electron chi connectivity index (χ0n) is 12.2. The summed E-state index contributed by atoms with van der Waals surface area (Å²) >= 11 is 0. The quantitative estimate of drug-likeness (QED) is 0.860. The van der Waals surface area contributed by atoms with Gasteiger partial charge in [0.15, 0.2) is 0 Å². The zero-order chi connectivity index (χ0) is 15.4. The number of rotatable bonds is 5. The predicted octanol–water partition coefficient (Wildman–Crippen LogP) is 3.33. The van der Waals surface area contributed by atoms with Crippen LogP contribution in [0.2, 0.25) is 0 Å². The Morgan fingerprint density at radius 1 is 1.09 bits per heavy atom. The van der Waals surface area contributed by atoms with E-state index in [0.29, 0.717) is 0 Å². The third-order valence-corrected chi connectivity index (χ3v) is 3.57. The SMILES string of the molecule is COc1ccc(N[C@H](c2ccccc2)[C@@H]2C=CC(=O)O2)cc1. The Morgan fingerprint density at radius 3 is 2.41 bits per heavy atom. The molecule has 4 nitrogen and oxygen atoms in total. The molecule has 0 spiro atoms. The fourth-order valence-electron chi connectivity index (χ4n) is 2.45. The van der Waals surface area contributed by atoms with Crippen molar-refractivity contribution in [2.75, 3.05) is 12.4 Å². The number of cyclic esters (lactones) is 1. The summed E-state index contributed by atoms with van der Waals surface area (Å²) in [5.41, 5.74) is 1.99. The van der Waals surface area contributed by atoms with Gasteiger partial charge in [-0.2, -0.15) is 0 Å². The molecule has 0 saturated carbocycles. The van der Waals surface area contributed by atoms with Crippen LogP contribution in [0.4, 0.5) is 5.69 Å². The van der Waals surface area contributed by atoms with Crippen LogP contribution in [-0.4, -0.2) is 19.2 Å². The second-order valence-electron chi connectivity index (χ2n) is 5.02. The van der Waals surface area contributed by atoms with Crippen molar-refractivity contribution in [1.29, 1.82) is 0 Å². The van der Waals surface area contributed by atoms with E-state index in [-0.39, 0.29) is 18.1 Å². The molecule has 2 atom stereocenters. The number of anilines is 1. The lowest BCUT2D eigenvalue weighted by molar-refractivity contribution is -0.139. The molecule has 1 aliphatic rings. The summed E-state index contributed by atoms with van der Waals surface area (Å²) in [5, 5.41) is 3.43. The van der Waals surface area contributed by atoms with Crippen molar-refractivity contribution in [2.24, 2.45) is 0 Å². The van der Waals surface area contributed by atoms with Crippen LogP contribution in [0.15, 0.2) is 66.7 Å². The highest BCUT2D eigenvalue weighted by Gasteiger charge is 2.27. The second-order valence-corrected chi connectivity index (χ2v) is 5.02. The van der Waals surface area contributed by atoms with Crippen LogP contribution in [0.5, 0.6) is 5.75 Å². The van der Waals surface area contributed by atoms with Gasteiger partial charge in [0.05, 0.1) is 13.2 Å². The molecule has 0 amide bonds. The molecule has 1 N–H and O–H groups in total. The largest absolute Gasteiger partial charge is 0.497 e.